The number of aliphatic hydroxyl groups is 1. The van der Waals surface area contributed by atoms with Gasteiger partial charge in [0.2, 0.25) is 5.88 Å². The van der Waals surface area contributed by atoms with Gasteiger partial charge in [0.15, 0.2) is 5.65 Å². The Morgan fingerprint density at radius 3 is 2.38 bits per heavy atom. The predicted molar refractivity (Wildman–Crippen MR) is 153 cm³/mol. The molecule has 1 fully saturated rings. The fourth-order valence-electron chi connectivity index (χ4n) is 4.35. The normalized spacial score (nSPS) is 14.9. The Balaban J connectivity index is 1.74. The molecule has 0 bridgehead atoms. The molecule has 2 aromatic carbocycles. The van der Waals surface area contributed by atoms with Gasteiger partial charge in [-0.1, -0.05) is 65.5 Å². The van der Waals surface area contributed by atoms with Gasteiger partial charge in [-0.25, -0.2) is 4.31 Å². The Labute approximate surface area is 231 Å². The molecule has 3 heterocycles. The Hall–Kier alpha value is -2.49. The van der Waals surface area contributed by atoms with Crippen molar-refractivity contribution in [3.05, 3.63) is 64.6 Å². The highest BCUT2D eigenvalue weighted by molar-refractivity contribution is 7.96. The van der Waals surface area contributed by atoms with Crippen LogP contribution in [0.2, 0.25) is 10.0 Å². The molecule has 1 saturated heterocycles. The molecule has 1 N–H and O–H groups in total. The topological polar surface area (TPSA) is 66.1 Å². The fraction of sp³-hybridized carbons (Fsp3) is 0.333. The number of hydrogen-bond donors (Lipinski definition) is 1. The van der Waals surface area contributed by atoms with Crippen LogP contribution in [0.15, 0.2) is 54.6 Å². The number of rotatable bonds is 7. The summed E-state index contributed by atoms with van der Waals surface area (Å²) in [6, 6.07) is 17.2. The maximum absolute atomic E-state index is 10.3. The van der Waals surface area contributed by atoms with E-state index in [4.69, 9.17) is 38.0 Å². The second-order valence-electron chi connectivity index (χ2n) is 9.60. The summed E-state index contributed by atoms with van der Waals surface area (Å²) in [5.41, 5.74) is 2.94. The highest BCUT2D eigenvalue weighted by atomic mass is 35.5. The molecule has 2 aromatic heterocycles. The number of ether oxygens (including phenoxy) is 1. The van der Waals surface area contributed by atoms with Crippen molar-refractivity contribution in [1.29, 1.82) is 0 Å². The van der Waals surface area contributed by atoms with Crippen molar-refractivity contribution >= 4 is 46.6 Å². The molecule has 0 amide bonds. The van der Waals surface area contributed by atoms with E-state index in [0.717, 1.165) is 54.4 Å². The number of halogens is 2. The van der Waals surface area contributed by atoms with Crippen LogP contribution in [0.4, 0.5) is 5.82 Å². The van der Waals surface area contributed by atoms with Gasteiger partial charge in [0, 0.05) is 42.8 Å². The van der Waals surface area contributed by atoms with Gasteiger partial charge in [-0.05, 0) is 43.9 Å². The van der Waals surface area contributed by atoms with Crippen LogP contribution in [-0.4, -0.2) is 68.7 Å². The summed E-state index contributed by atoms with van der Waals surface area (Å²) >= 11 is 14.6. The van der Waals surface area contributed by atoms with E-state index in [2.05, 4.69) is 15.5 Å². The van der Waals surface area contributed by atoms with Gasteiger partial charge in [-0.15, -0.1) is 0 Å². The molecule has 194 valence electrons. The average molecular weight is 559 g/mol. The molecule has 0 spiro atoms. The molecule has 0 radical (unpaired) electrons. The highest BCUT2D eigenvalue weighted by Gasteiger charge is 2.26. The van der Waals surface area contributed by atoms with E-state index in [9.17, 15) is 5.11 Å². The van der Waals surface area contributed by atoms with Crippen LogP contribution in [-0.2, 0) is 0 Å². The van der Waals surface area contributed by atoms with Crippen molar-refractivity contribution in [2.75, 3.05) is 43.9 Å². The Bertz CT molecular complexity index is 1400. The van der Waals surface area contributed by atoms with E-state index in [1.807, 2.05) is 59.1 Å². The first kappa shape index (κ1) is 26.1. The third-order valence-corrected chi connectivity index (χ3v) is 7.67. The second-order valence-corrected chi connectivity index (χ2v) is 11.3. The number of nitrogens with zero attached hydrogens (tertiary/aromatic N) is 5. The van der Waals surface area contributed by atoms with Crippen LogP contribution in [0.5, 0.6) is 5.88 Å². The first-order chi connectivity index (χ1) is 17.7. The van der Waals surface area contributed by atoms with Crippen LogP contribution >= 0.6 is 35.1 Å². The van der Waals surface area contributed by atoms with E-state index < -0.39 is 5.60 Å². The minimum atomic E-state index is -1.00. The van der Waals surface area contributed by atoms with Gasteiger partial charge in [0.05, 0.1) is 16.2 Å². The minimum Gasteiger partial charge on any atom is -0.474 e. The zero-order valence-corrected chi connectivity index (χ0v) is 23.3. The number of piperazine rings is 1. The molecule has 1 aliphatic heterocycles. The van der Waals surface area contributed by atoms with Crippen LogP contribution < -0.4 is 9.64 Å². The lowest BCUT2D eigenvalue weighted by Crippen LogP contribution is -2.44. The molecule has 5 rings (SSSR count). The van der Waals surface area contributed by atoms with Crippen LogP contribution in [0.3, 0.4) is 0 Å². The molecule has 37 heavy (non-hydrogen) atoms. The lowest BCUT2D eigenvalue weighted by atomic mass is 10.0. The van der Waals surface area contributed by atoms with Crippen molar-refractivity contribution in [3.63, 3.8) is 0 Å². The van der Waals surface area contributed by atoms with Gasteiger partial charge < -0.3 is 14.7 Å². The molecular formula is C27H29Cl2N5O2S. The molecule has 1 aliphatic rings. The van der Waals surface area contributed by atoms with E-state index in [-0.39, 0.29) is 6.61 Å². The Kier molecular flexibility index (Phi) is 7.56. The van der Waals surface area contributed by atoms with Gasteiger partial charge in [0.25, 0.3) is 0 Å². The quantitative estimate of drug-likeness (QED) is 0.283. The van der Waals surface area contributed by atoms with E-state index in [1.54, 1.807) is 25.8 Å². The van der Waals surface area contributed by atoms with Gasteiger partial charge in [-0.3, -0.25) is 0 Å². The smallest absolute Gasteiger partial charge is 0.219 e. The van der Waals surface area contributed by atoms with E-state index >= 15 is 0 Å². The molecule has 4 aromatic rings. The zero-order chi connectivity index (χ0) is 26.2. The third kappa shape index (κ3) is 5.68. The molecule has 10 heteroatoms. The summed E-state index contributed by atoms with van der Waals surface area (Å²) in [4.78, 5) is 7.19. The number of benzene rings is 2. The molecule has 0 saturated carbocycles. The SMILES string of the molecule is CSN1CCN(c2cc(OCC(C)(C)O)nc3c(-c4ccc(Cl)cc4)c(-c4ccccc4Cl)nn23)CC1. The summed E-state index contributed by atoms with van der Waals surface area (Å²) in [6.45, 7) is 7.05. The first-order valence-electron chi connectivity index (χ1n) is 12.1. The van der Waals surface area contributed by atoms with Crippen molar-refractivity contribution in [3.8, 4) is 28.3 Å². The van der Waals surface area contributed by atoms with E-state index in [1.165, 1.54) is 0 Å². The maximum Gasteiger partial charge on any atom is 0.219 e. The minimum absolute atomic E-state index is 0.109. The second kappa shape index (κ2) is 10.7. The van der Waals surface area contributed by atoms with Crippen LogP contribution in [0, 0.1) is 0 Å². The summed E-state index contributed by atoms with van der Waals surface area (Å²) in [7, 11) is 0. The lowest BCUT2D eigenvalue weighted by Gasteiger charge is -2.34. The standard InChI is InChI=1S/C27H29Cl2N5O2S/c1-27(2,35)17-36-22-16-23(32-12-14-33(37-3)15-13-32)34-26(30-22)24(18-8-10-19(28)11-9-18)25(31-34)20-6-4-5-7-21(20)29/h4-11,16,35H,12-15,17H2,1-3H3. The van der Waals surface area contributed by atoms with Gasteiger partial charge in [-0.2, -0.15) is 14.6 Å². The predicted octanol–water partition coefficient (Wildman–Crippen LogP) is 5.92. The molecule has 0 unspecified atom stereocenters. The summed E-state index contributed by atoms with van der Waals surface area (Å²) in [5, 5.41) is 16.6. The van der Waals surface area contributed by atoms with E-state index in [0.29, 0.717) is 21.6 Å². The highest BCUT2D eigenvalue weighted by Crippen LogP contribution is 2.40. The van der Waals surface area contributed by atoms with Crippen molar-refractivity contribution in [2.24, 2.45) is 0 Å². The maximum atomic E-state index is 10.3. The summed E-state index contributed by atoms with van der Waals surface area (Å²) in [5.74, 6) is 1.31. The summed E-state index contributed by atoms with van der Waals surface area (Å²) < 4.78 is 10.2. The zero-order valence-electron chi connectivity index (χ0n) is 21.0. The average Bonchev–Trinajstić information content (AvgIpc) is 3.26. The lowest BCUT2D eigenvalue weighted by molar-refractivity contribution is 0.0269. The van der Waals surface area contributed by atoms with Crippen molar-refractivity contribution in [2.45, 2.75) is 19.4 Å². The van der Waals surface area contributed by atoms with Gasteiger partial charge >= 0.3 is 0 Å². The number of anilines is 1. The monoisotopic (exact) mass is 557 g/mol. The molecule has 0 atom stereocenters. The van der Waals surface area contributed by atoms with Crippen LogP contribution in [0.25, 0.3) is 28.0 Å². The van der Waals surface area contributed by atoms with Crippen molar-refractivity contribution < 1.29 is 9.84 Å². The number of fused-ring (bicyclic) bond motifs is 1. The number of hydrogen-bond acceptors (Lipinski definition) is 7. The fourth-order valence-corrected chi connectivity index (χ4v) is 5.23. The number of aromatic nitrogens is 3. The third-order valence-electron chi connectivity index (χ3n) is 6.20. The van der Waals surface area contributed by atoms with Gasteiger partial charge in [0.1, 0.15) is 18.1 Å². The molecule has 0 aliphatic carbocycles. The Morgan fingerprint density at radius 2 is 1.73 bits per heavy atom. The molecule has 7 nitrogen and oxygen atoms in total. The summed E-state index contributed by atoms with van der Waals surface area (Å²) in [6.07, 6.45) is 2.10. The Morgan fingerprint density at radius 1 is 1.03 bits per heavy atom. The first-order valence-corrected chi connectivity index (χ1v) is 14.0. The largest absolute Gasteiger partial charge is 0.474 e. The van der Waals surface area contributed by atoms with Crippen molar-refractivity contribution in [1.82, 2.24) is 18.9 Å². The molecular weight excluding hydrogens is 529 g/mol. The van der Waals surface area contributed by atoms with Crippen LogP contribution in [0.1, 0.15) is 13.8 Å².